The second kappa shape index (κ2) is 8.90. The van der Waals surface area contributed by atoms with Gasteiger partial charge in [0.2, 0.25) is 0 Å². The van der Waals surface area contributed by atoms with Crippen LogP contribution in [0.25, 0.3) is 0 Å². The molecule has 0 aromatic heterocycles. The molecular formula is C16H24O5S. The van der Waals surface area contributed by atoms with Gasteiger partial charge in [0.15, 0.2) is 0 Å². The summed E-state index contributed by atoms with van der Waals surface area (Å²) in [7, 11) is -3.67. The molecule has 124 valence electrons. The molecule has 1 unspecified atom stereocenters. The molecule has 0 saturated carbocycles. The van der Waals surface area contributed by atoms with Crippen molar-refractivity contribution in [2.75, 3.05) is 6.61 Å². The van der Waals surface area contributed by atoms with Crippen LogP contribution < -0.4 is 0 Å². The van der Waals surface area contributed by atoms with Gasteiger partial charge in [-0.3, -0.25) is 8.98 Å². The molecule has 0 aliphatic rings. The highest BCUT2D eigenvalue weighted by atomic mass is 32.2. The van der Waals surface area contributed by atoms with Crippen molar-refractivity contribution in [2.24, 2.45) is 5.92 Å². The van der Waals surface area contributed by atoms with E-state index < -0.39 is 16.1 Å². The van der Waals surface area contributed by atoms with Gasteiger partial charge in [-0.05, 0) is 31.4 Å². The van der Waals surface area contributed by atoms with Crippen LogP contribution in [0.5, 0.6) is 0 Å². The Labute approximate surface area is 132 Å². The van der Waals surface area contributed by atoms with Gasteiger partial charge in [0.25, 0.3) is 10.1 Å². The van der Waals surface area contributed by atoms with E-state index in [9.17, 15) is 13.2 Å². The summed E-state index contributed by atoms with van der Waals surface area (Å²) in [6.07, 6.45) is 3.36. The third-order valence-corrected chi connectivity index (χ3v) is 4.74. The second-order valence-corrected chi connectivity index (χ2v) is 7.26. The predicted octanol–water partition coefficient (Wildman–Crippen LogP) is 3.37. The first-order chi connectivity index (χ1) is 10.3. The number of carboxylic acid groups (broad SMARTS) is 1. The lowest BCUT2D eigenvalue weighted by molar-refractivity contribution is -0.138. The maximum atomic E-state index is 11.9. The number of hydrogen-bond donors (Lipinski definition) is 1. The van der Waals surface area contributed by atoms with Crippen molar-refractivity contribution in [3.05, 3.63) is 29.8 Å². The minimum Gasteiger partial charge on any atom is -0.481 e. The molecule has 1 aromatic rings. The normalized spacial score (nSPS) is 13.0. The lowest BCUT2D eigenvalue weighted by Gasteiger charge is -2.08. The molecule has 6 heteroatoms. The van der Waals surface area contributed by atoms with Crippen LogP contribution in [0.3, 0.4) is 0 Å². The Kier molecular flexibility index (Phi) is 7.55. The van der Waals surface area contributed by atoms with Crippen LogP contribution in [0.15, 0.2) is 29.2 Å². The van der Waals surface area contributed by atoms with Gasteiger partial charge < -0.3 is 5.11 Å². The van der Waals surface area contributed by atoms with Crippen molar-refractivity contribution in [1.29, 1.82) is 0 Å². The number of carbonyl (C=O) groups is 1. The molecule has 0 spiro atoms. The summed E-state index contributed by atoms with van der Waals surface area (Å²) < 4.78 is 28.8. The number of benzene rings is 1. The van der Waals surface area contributed by atoms with E-state index in [0.717, 1.165) is 24.8 Å². The van der Waals surface area contributed by atoms with E-state index in [-0.39, 0.29) is 23.8 Å². The number of unbranched alkanes of at least 4 members (excludes halogenated alkanes) is 2. The molecule has 5 nitrogen and oxygen atoms in total. The topological polar surface area (TPSA) is 80.7 Å². The molecule has 0 amide bonds. The highest BCUT2D eigenvalue weighted by Crippen LogP contribution is 2.15. The molecular weight excluding hydrogens is 304 g/mol. The summed E-state index contributed by atoms with van der Waals surface area (Å²) in [5.74, 6) is -0.630. The lowest BCUT2D eigenvalue weighted by Crippen LogP contribution is -2.08. The van der Waals surface area contributed by atoms with E-state index in [4.69, 9.17) is 9.29 Å². The molecule has 1 N–H and O–H groups in total. The van der Waals surface area contributed by atoms with Crippen LogP contribution in [-0.4, -0.2) is 26.1 Å². The Morgan fingerprint density at radius 2 is 1.82 bits per heavy atom. The van der Waals surface area contributed by atoms with E-state index in [1.807, 2.05) is 13.8 Å². The monoisotopic (exact) mass is 328 g/mol. The second-order valence-electron chi connectivity index (χ2n) is 5.64. The summed E-state index contributed by atoms with van der Waals surface area (Å²) in [4.78, 5) is 10.7. The molecule has 1 aromatic carbocycles. The summed E-state index contributed by atoms with van der Waals surface area (Å²) in [5.41, 5.74) is 0.995. The SMILES string of the molecule is Cc1ccc(S(=O)(=O)OCCCCCC(C)CC(=O)O)cc1. The van der Waals surface area contributed by atoms with Crippen molar-refractivity contribution in [3.63, 3.8) is 0 Å². The first-order valence-electron chi connectivity index (χ1n) is 7.49. The fourth-order valence-corrected chi connectivity index (χ4v) is 3.06. The van der Waals surface area contributed by atoms with E-state index in [0.29, 0.717) is 6.42 Å². The fourth-order valence-electron chi connectivity index (χ4n) is 2.11. The number of rotatable bonds is 10. The van der Waals surface area contributed by atoms with Crippen LogP contribution in [0.2, 0.25) is 0 Å². The molecule has 0 aliphatic carbocycles. The zero-order chi connectivity index (χ0) is 16.6. The van der Waals surface area contributed by atoms with Crippen LogP contribution >= 0.6 is 0 Å². The van der Waals surface area contributed by atoms with E-state index in [1.165, 1.54) is 12.1 Å². The minimum absolute atomic E-state index is 0.148. The molecule has 1 atom stereocenters. The van der Waals surface area contributed by atoms with Gasteiger partial charge in [0.05, 0.1) is 11.5 Å². The highest BCUT2D eigenvalue weighted by molar-refractivity contribution is 7.86. The van der Waals surface area contributed by atoms with Crippen molar-refractivity contribution >= 4 is 16.1 Å². The Morgan fingerprint density at radius 1 is 1.18 bits per heavy atom. The fraction of sp³-hybridized carbons (Fsp3) is 0.562. The minimum atomic E-state index is -3.67. The van der Waals surface area contributed by atoms with Crippen molar-refractivity contribution < 1.29 is 22.5 Å². The van der Waals surface area contributed by atoms with E-state index >= 15 is 0 Å². The van der Waals surface area contributed by atoms with Gasteiger partial charge in [0, 0.05) is 6.42 Å². The van der Waals surface area contributed by atoms with Gasteiger partial charge >= 0.3 is 5.97 Å². The molecule has 0 bridgehead atoms. The van der Waals surface area contributed by atoms with Crippen LogP contribution in [0, 0.1) is 12.8 Å². The highest BCUT2D eigenvalue weighted by Gasteiger charge is 2.14. The average molecular weight is 328 g/mol. The largest absolute Gasteiger partial charge is 0.481 e. The number of hydrogen-bond acceptors (Lipinski definition) is 4. The number of aliphatic carboxylic acids is 1. The predicted molar refractivity (Wildman–Crippen MR) is 84.2 cm³/mol. The van der Waals surface area contributed by atoms with Crippen LogP contribution in [-0.2, 0) is 19.1 Å². The Hall–Kier alpha value is -1.40. The summed E-state index contributed by atoms with van der Waals surface area (Å²) in [6, 6.07) is 6.55. The molecule has 0 heterocycles. The van der Waals surface area contributed by atoms with Gasteiger partial charge in [0.1, 0.15) is 0 Å². The third kappa shape index (κ3) is 7.04. The molecule has 0 radical (unpaired) electrons. The van der Waals surface area contributed by atoms with Crippen LogP contribution in [0.4, 0.5) is 0 Å². The molecule has 0 aliphatic heterocycles. The van der Waals surface area contributed by atoms with Gasteiger partial charge in [-0.25, -0.2) is 0 Å². The maximum absolute atomic E-state index is 11.9. The van der Waals surface area contributed by atoms with Gasteiger partial charge in [-0.1, -0.05) is 43.9 Å². The summed E-state index contributed by atoms with van der Waals surface area (Å²) >= 11 is 0. The van der Waals surface area contributed by atoms with Crippen molar-refractivity contribution in [1.82, 2.24) is 0 Å². The van der Waals surface area contributed by atoms with Crippen molar-refractivity contribution in [2.45, 2.75) is 50.8 Å². The molecule has 22 heavy (non-hydrogen) atoms. The third-order valence-electron chi connectivity index (χ3n) is 3.41. The van der Waals surface area contributed by atoms with Gasteiger partial charge in [-0.2, -0.15) is 8.42 Å². The Bertz CT molecular complexity index is 563. The summed E-state index contributed by atoms with van der Waals surface area (Å²) in [6.45, 7) is 3.96. The van der Waals surface area contributed by atoms with Crippen molar-refractivity contribution in [3.8, 4) is 0 Å². The first-order valence-corrected chi connectivity index (χ1v) is 8.90. The van der Waals surface area contributed by atoms with E-state index in [2.05, 4.69) is 0 Å². The first kappa shape index (κ1) is 18.6. The number of carboxylic acids is 1. The smallest absolute Gasteiger partial charge is 0.303 e. The lowest BCUT2D eigenvalue weighted by atomic mass is 10.0. The number of aryl methyl sites for hydroxylation is 1. The molecule has 0 saturated heterocycles. The maximum Gasteiger partial charge on any atom is 0.303 e. The van der Waals surface area contributed by atoms with Gasteiger partial charge in [-0.15, -0.1) is 0 Å². The zero-order valence-corrected chi connectivity index (χ0v) is 13.9. The zero-order valence-electron chi connectivity index (χ0n) is 13.1. The molecule has 0 fully saturated rings. The molecule has 1 rings (SSSR count). The Morgan fingerprint density at radius 3 is 2.41 bits per heavy atom. The summed E-state index contributed by atoms with van der Waals surface area (Å²) in [5, 5.41) is 8.65. The quantitative estimate of drug-likeness (QED) is 0.526. The average Bonchev–Trinajstić information content (AvgIpc) is 2.42. The standard InChI is InChI=1S/C16H24O5S/c1-13-7-9-15(10-8-13)22(19,20)21-11-5-3-4-6-14(2)12-16(17)18/h7-10,14H,3-6,11-12H2,1-2H3,(H,17,18). The van der Waals surface area contributed by atoms with E-state index in [1.54, 1.807) is 12.1 Å². The van der Waals surface area contributed by atoms with Crippen LogP contribution in [0.1, 0.15) is 44.6 Å². The Balaban J connectivity index is 2.24.